The zero-order chi connectivity index (χ0) is 11.1. The Morgan fingerprint density at radius 3 is 2.73 bits per heavy atom. The van der Waals surface area contributed by atoms with Crippen molar-refractivity contribution in [1.29, 1.82) is 0 Å². The SMILES string of the molecule is CS(=O)(=O)c1ccc2cnnc(O)c2n1. The third-order valence-electron chi connectivity index (χ3n) is 1.84. The van der Waals surface area contributed by atoms with Crippen molar-refractivity contribution in [2.45, 2.75) is 5.03 Å². The first-order valence-electron chi connectivity index (χ1n) is 4.00. The zero-order valence-corrected chi connectivity index (χ0v) is 8.56. The molecule has 0 aliphatic rings. The van der Waals surface area contributed by atoms with Crippen LogP contribution in [0.5, 0.6) is 5.88 Å². The molecule has 0 amide bonds. The molecule has 0 aromatic carbocycles. The minimum atomic E-state index is -3.38. The van der Waals surface area contributed by atoms with Crippen molar-refractivity contribution >= 4 is 20.7 Å². The summed E-state index contributed by atoms with van der Waals surface area (Å²) in [7, 11) is -3.38. The molecule has 2 aromatic heterocycles. The molecule has 0 spiro atoms. The number of hydrogen-bond acceptors (Lipinski definition) is 6. The van der Waals surface area contributed by atoms with E-state index in [1.807, 2.05) is 0 Å². The van der Waals surface area contributed by atoms with Crippen molar-refractivity contribution < 1.29 is 13.5 Å². The summed E-state index contributed by atoms with van der Waals surface area (Å²) in [4.78, 5) is 3.81. The Morgan fingerprint density at radius 2 is 2.07 bits per heavy atom. The van der Waals surface area contributed by atoms with E-state index in [0.29, 0.717) is 5.39 Å². The molecule has 0 fully saturated rings. The van der Waals surface area contributed by atoms with E-state index in [1.165, 1.54) is 18.3 Å². The van der Waals surface area contributed by atoms with Crippen LogP contribution in [0.15, 0.2) is 23.4 Å². The molecule has 0 aliphatic heterocycles. The van der Waals surface area contributed by atoms with E-state index in [-0.39, 0.29) is 16.4 Å². The maximum absolute atomic E-state index is 11.2. The lowest BCUT2D eigenvalue weighted by Crippen LogP contribution is -2.00. The van der Waals surface area contributed by atoms with Crippen molar-refractivity contribution in [1.82, 2.24) is 15.2 Å². The normalized spacial score (nSPS) is 11.8. The summed E-state index contributed by atoms with van der Waals surface area (Å²) in [6.45, 7) is 0. The molecule has 0 radical (unpaired) electrons. The molecule has 7 heteroatoms. The number of pyridine rings is 1. The van der Waals surface area contributed by atoms with Crippen molar-refractivity contribution in [2.75, 3.05) is 6.26 Å². The highest BCUT2D eigenvalue weighted by atomic mass is 32.2. The van der Waals surface area contributed by atoms with Gasteiger partial charge >= 0.3 is 0 Å². The smallest absolute Gasteiger partial charge is 0.257 e. The van der Waals surface area contributed by atoms with E-state index in [9.17, 15) is 13.5 Å². The highest BCUT2D eigenvalue weighted by Crippen LogP contribution is 2.20. The second kappa shape index (κ2) is 3.13. The maximum Gasteiger partial charge on any atom is 0.257 e. The molecule has 0 atom stereocenters. The van der Waals surface area contributed by atoms with Gasteiger partial charge in [-0.3, -0.25) is 0 Å². The first kappa shape index (κ1) is 9.78. The van der Waals surface area contributed by atoms with Crippen molar-refractivity contribution in [3.05, 3.63) is 18.3 Å². The van der Waals surface area contributed by atoms with Crippen molar-refractivity contribution in [3.8, 4) is 5.88 Å². The summed E-state index contributed by atoms with van der Waals surface area (Å²) in [6.07, 6.45) is 2.45. The van der Waals surface area contributed by atoms with Crippen LogP contribution in [0.25, 0.3) is 10.9 Å². The summed E-state index contributed by atoms with van der Waals surface area (Å²) in [5.41, 5.74) is 0.132. The number of aromatic nitrogens is 3. The van der Waals surface area contributed by atoms with Crippen molar-refractivity contribution in [3.63, 3.8) is 0 Å². The van der Waals surface area contributed by atoms with Crippen LogP contribution in [0.1, 0.15) is 0 Å². The molecular weight excluding hydrogens is 218 g/mol. The largest absolute Gasteiger partial charge is 0.491 e. The second-order valence-electron chi connectivity index (χ2n) is 3.03. The lowest BCUT2D eigenvalue weighted by atomic mass is 10.3. The Labute approximate surface area is 85.5 Å². The van der Waals surface area contributed by atoms with Gasteiger partial charge in [-0.05, 0) is 12.1 Å². The standard InChI is InChI=1S/C8H7N3O3S/c1-15(13,14)6-3-2-5-4-9-11-8(12)7(5)10-6/h2-4H,1H3,(H,11,12). The van der Waals surface area contributed by atoms with Crippen LogP contribution in [0.3, 0.4) is 0 Å². The quantitative estimate of drug-likeness (QED) is 0.741. The molecule has 1 N–H and O–H groups in total. The average molecular weight is 225 g/mol. The van der Waals surface area contributed by atoms with E-state index in [2.05, 4.69) is 15.2 Å². The van der Waals surface area contributed by atoms with Gasteiger partial charge in [-0.1, -0.05) is 0 Å². The predicted octanol–water partition coefficient (Wildman–Crippen LogP) is 0.134. The molecule has 2 heterocycles. The Morgan fingerprint density at radius 1 is 1.33 bits per heavy atom. The minimum Gasteiger partial charge on any atom is -0.491 e. The number of fused-ring (bicyclic) bond motifs is 1. The topological polar surface area (TPSA) is 93.0 Å². The highest BCUT2D eigenvalue weighted by Gasteiger charge is 2.11. The molecule has 6 nitrogen and oxygen atoms in total. The third-order valence-corrected chi connectivity index (χ3v) is 2.83. The Balaban J connectivity index is 2.81. The van der Waals surface area contributed by atoms with Gasteiger partial charge in [0, 0.05) is 11.6 Å². The van der Waals surface area contributed by atoms with Gasteiger partial charge in [-0.15, -0.1) is 5.10 Å². The summed E-state index contributed by atoms with van der Waals surface area (Å²) in [5, 5.41) is 16.7. The average Bonchev–Trinajstić information content (AvgIpc) is 2.16. The Hall–Kier alpha value is -1.76. The molecule has 0 saturated heterocycles. The van der Waals surface area contributed by atoms with Gasteiger partial charge in [0.15, 0.2) is 14.9 Å². The molecule has 2 aromatic rings. The fourth-order valence-corrected chi connectivity index (χ4v) is 1.71. The molecule has 0 bridgehead atoms. The molecule has 0 unspecified atom stereocenters. The van der Waals surface area contributed by atoms with E-state index in [1.54, 1.807) is 0 Å². The van der Waals surface area contributed by atoms with Gasteiger partial charge in [-0.2, -0.15) is 5.10 Å². The Bertz CT molecular complexity index is 624. The first-order valence-corrected chi connectivity index (χ1v) is 5.89. The Kier molecular flexibility index (Phi) is 2.04. The van der Waals surface area contributed by atoms with Gasteiger partial charge < -0.3 is 5.11 Å². The van der Waals surface area contributed by atoms with E-state index < -0.39 is 9.84 Å². The van der Waals surface area contributed by atoms with Gasteiger partial charge in [0.25, 0.3) is 5.88 Å². The maximum atomic E-state index is 11.2. The van der Waals surface area contributed by atoms with Crippen LogP contribution in [0, 0.1) is 0 Å². The molecule has 2 rings (SSSR count). The van der Waals surface area contributed by atoms with Crippen LogP contribution < -0.4 is 0 Å². The van der Waals surface area contributed by atoms with Gasteiger partial charge in [0.05, 0.1) is 6.20 Å². The molecule has 0 saturated carbocycles. The minimum absolute atomic E-state index is 0.0988. The monoisotopic (exact) mass is 225 g/mol. The highest BCUT2D eigenvalue weighted by molar-refractivity contribution is 7.90. The van der Waals surface area contributed by atoms with Crippen LogP contribution in [-0.4, -0.2) is 35.0 Å². The third kappa shape index (κ3) is 1.73. The fraction of sp³-hybridized carbons (Fsp3) is 0.125. The molecule has 15 heavy (non-hydrogen) atoms. The summed E-state index contributed by atoms with van der Waals surface area (Å²) < 4.78 is 22.4. The summed E-state index contributed by atoms with van der Waals surface area (Å²) >= 11 is 0. The lowest BCUT2D eigenvalue weighted by Gasteiger charge is -2.00. The van der Waals surface area contributed by atoms with Gasteiger partial charge in [0.2, 0.25) is 0 Å². The predicted molar refractivity (Wildman–Crippen MR) is 52.1 cm³/mol. The van der Waals surface area contributed by atoms with Crippen LogP contribution in [-0.2, 0) is 9.84 Å². The summed E-state index contributed by atoms with van der Waals surface area (Å²) in [5.74, 6) is -0.377. The van der Waals surface area contributed by atoms with Crippen LogP contribution in [0.4, 0.5) is 0 Å². The number of nitrogens with zero attached hydrogens (tertiary/aromatic N) is 3. The number of rotatable bonds is 1. The van der Waals surface area contributed by atoms with Gasteiger partial charge in [-0.25, -0.2) is 13.4 Å². The molecular formula is C8H7N3O3S. The molecule has 0 aliphatic carbocycles. The van der Waals surface area contributed by atoms with Crippen molar-refractivity contribution in [2.24, 2.45) is 0 Å². The van der Waals surface area contributed by atoms with Crippen LogP contribution in [0.2, 0.25) is 0 Å². The van der Waals surface area contributed by atoms with Gasteiger partial charge in [0.1, 0.15) is 5.52 Å². The summed E-state index contributed by atoms with van der Waals surface area (Å²) in [6, 6.07) is 2.88. The number of sulfone groups is 1. The van der Waals surface area contributed by atoms with E-state index in [0.717, 1.165) is 6.26 Å². The lowest BCUT2D eigenvalue weighted by molar-refractivity contribution is 0.450. The fourth-order valence-electron chi connectivity index (χ4n) is 1.13. The first-order chi connectivity index (χ1) is 6.98. The van der Waals surface area contributed by atoms with Crippen LogP contribution >= 0.6 is 0 Å². The number of aromatic hydroxyl groups is 1. The van der Waals surface area contributed by atoms with E-state index >= 15 is 0 Å². The second-order valence-corrected chi connectivity index (χ2v) is 4.99. The van der Waals surface area contributed by atoms with E-state index in [4.69, 9.17) is 0 Å². The number of hydrogen-bond donors (Lipinski definition) is 1. The molecule has 78 valence electrons. The zero-order valence-electron chi connectivity index (χ0n) is 7.75.